The van der Waals surface area contributed by atoms with Gasteiger partial charge in [0.1, 0.15) is 23.4 Å². The van der Waals surface area contributed by atoms with Gasteiger partial charge in [0.15, 0.2) is 0 Å². The minimum Gasteiger partial charge on any atom is -0.496 e. The zero-order valence-corrected chi connectivity index (χ0v) is 12.1. The van der Waals surface area contributed by atoms with Crippen molar-refractivity contribution in [1.82, 2.24) is 0 Å². The normalized spacial score (nSPS) is 29.5. The maximum atomic E-state index is 6.09. The highest BCUT2D eigenvalue weighted by Crippen LogP contribution is 2.45. The second-order valence-electron chi connectivity index (χ2n) is 5.36. The number of benzene rings is 1. The molecule has 1 fully saturated rings. The van der Waals surface area contributed by atoms with Crippen LogP contribution in [0.5, 0.6) is 17.2 Å². The summed E-state index contributed by atoms with van der Waals surface area (Å²) in [6, 6.07) is 5.80. The van der Waals surface area contributed by atoms with Crippen molar-refractivity contribution in [3.05, 3.63) is 18.2 Å². The summed E-state index contributed by atoms with van der Waals surface area (Å²) >= 11 is 0. The van der Waals surface area contributed by atoms with Gasteiger partial charge in [-0.05, 0) is 6.42 Å². The van der Waals surface area contributed by atoms with E-state index in [0.29, 0.717) is 0 Å². The molecule has 0 radical (unpaired) electrons. The van der Waals surface area contributed by atoms with Crippen LogP contribution in [0.2, 0.25) is 0 Å². The average Bonchev–Trinajstić information content (AvgIpc) is 2.45. The Bertz CT molecular complexity index is 427. The molecule has 19 heavy (non-hydrogen) atoms. The predicted molar refractivity (Wildman–Crippen MR) is 75.0 cm³/mol. The number of hydrogen-bond donors (Lipinski definition) is 1. The summed E-state index contributed by atoms with van der Waals surface area (Å²) < 4.78 is 16.6. The largest absolute Gasteiger partial charge is 0.496 e. The number of methoxy groups -OCH3 is 2. The van der Waals surface area contributed by atoms with Gasteiger partial charge in [-0.2, -0.15) is 0 Å². The second kappa shape index (κ2) is 5.29. The van der Waals surface area contributed by atoms with E-state index in [1.165, 1.54) is 0 Å². The first-order chi connectivity index (χ1) is 9.03. The van der Waals surface area contributed by atoms with E-state index < -0.39 is 0 Å². The summed E-state index contributed by atoms with van der Waals surface area (Å²) in [5, 5.41) is 0. The number of nitrogens with two attached hydrogens (primary N) is 1. The lowest BCUT2D eigenvalue weighted by molar-refractivity contribution is -0.0561. The van der Waals surface area contributed by atoms with Gasteiger partial charge in [0, 0.05) is 36.1 Å². The van der Waals surface area contributed by atoms with Crippen molar-refractivity contribution < 1.29 is 14.2 Å². The van der Waals surface area contributed by atoms with E-state index in [1.54, 1.807) is 14.2 Å². The van der Waals surface area contributed by atoms with Crippen LogP contribution < -0.4 is 19.9 Å². The average molecular weight is 265 g/mol. The zero-order chi connectivity index (χ0) is 14.0. The smallest absolute Gasteiger partial charge is 0.127 e. The predicted octanol–water partition coefficient (Wildman–Crippen LogP) is 2.60. The molecule has 4 nitrogen and oxygen atoms in total. The van der Waals surface area contributed by atoms with Crippen molar-refractivity contribution in [3.8, 4) is 17.2 Å². The molecule has 2 rings (SSSR count). The Kier molecular flexibility index (Phi) is 3.90. The molecule has 1 aromatic carbocycles. The lowest BCUT2D eigenvalue weighted by atomic mass is 9.62. The van der Waals surface area contributed by atoms with Crippen LogP contribution in [0.15, 0.2) is 18.2 Å². The fourth-order valence-corrected chi connectivity index (χ4v) is 2.53. The van der Waals surface area contributed by atoms with E-state index in [-0.39, 0.29) is 17.6 Å². The first kappa shape index (κ1) is 14.0. The number of hydrogen-bond acceptors (Lipinski definition) is 4. The Morgan fingerprint density at radius 2 is 1.68 bits per heavy atom. The van der Waals surface area contributed by atoms with Gasteiger partial charge in [-0.3, -0.25) is 0 Å². The van der Waals surface area contributed by atoms with Gasteiger partial charge in [0.05, 0.1) is 14.2 Å². The highest BCUT2D eigenvalue weighted by atomic mass is 16.5. The van der Waals surface area contributed by atoms with Crippen LogP contribution in [0.4, 0.5) is 0 Å². The lowest BCUT2D eigenvalue weighted by Gasteiger charge is -2.51. The zero-order valence-electron chi connectivity index (χ0n) is 12.1. The topological polar surface area (TPSA) is 53.7 Å². The highest BCUT2D eigenvalue weighted by Gasteiger charge is 2.50. The van der Waals surface area contributed by atoms with Gasteiger partial charge >= 0.3 is 0 Å². The van der Waals surface area contributed by atoms with Crippen LogP contribution in [0.25, 0.3) is 0 Å². The summed E-state index contributed by atoms with van der Waals surface area (Å²) in [4.78, 5) is 0. The van der Waals surface area contributed by atoms with Crippen LogP contribution in [0.3, 0.4) is 0 Å². The Morgan fingerprint density at radius 3 is 2.11 bits per heavy atom. The van der Waals surface area contributed by atoms with Gasteiger partial charge in [-0.1, -0.05) is 13.8 Å². The van der Waals surface area contributed by atoms with E-state index >= 15 is 0 Å². The molecule has 1 saturated carbocycles. The third-order valence-corrected chi connectivity index (χ3v) is 4.42. The Balaban J connectivity index is 2.15. The van der Waals surface area contributed by atoms with E-state index in [0.717, 1.165) is 30.1 Å². The molecule has 0 amide bonds. The highest BCUT2D eigenvalue weighted by molar-refractivity contribution is 5.42. The maximum absolute atomic E-state index is 6.09. The van der Waals surface area contributed by atoms with Crippen molar-refractivity contribution in [2.45, 2.75) is 38.8 Å². The van der Waals surface area contributed by atoms with E-state index in [4.69, 9.17) is 19.9 Å². The molecule has 0 heterocycles. The van der Waals surface area contributed by atoms with Crippen LogP contribution in [0.1, 0.15) is 26.7 Å². The van der Waals surface area contributed by atoms with Crippen LogP contribution >= 0.6 is 0 Å². The quantitative estimate of drug-likeness (QED) is 0.889. The molecular weight excluding hydrogens is 242 g/mol. The van der Waals surface area contributed by atoms with Crippen molar-refractivity contribution in [3.63, 3.8) is 0 Å². The third-order valence-electron chi connectivity index (χ3n) is 4.42. The van der Waals surface area contributed by atoms with Gasteiger partial charge in [-0.25, -0.2) is 0 Å². The molecule has 3 unspecified atom stereocenters. The molecule has 0 saturated heterocycles. The van der Waals surface area contributed by atoms with Crippen LogP contribution in [-0.4, -0.2) is 26.4 Å². The minimum atomic E-state index is 0.0519. The Hall–Kier alpha value is -1.42. The van der Waals surface area contributed by atoms with Gasteiger partial charge in [0.2, 0.25) is 0 Å². The maximum Gasteiger partial charge on any atom is 0.127 e. The Labute approximate surface area is 114 Å². The molecule has 4 heteroatoms. The van der Waals surface area contributed by atoms with E-state index in [2.05, 4.69) is 13.8 Å². The number of ether oxygens (including phenoxy) is 3. The van der Waals surface area contributed by atoms with Crippen molar-refractivity contribution >= 4 is 0 Å². The fraction of sp³-hybridized carbons (Fsp3) is 0.600. The third kappa shape index (κ3) is 2.50. The first-order valence-corrected chi connectivity index (χ1v) is 6.68. The van der Waals surface area contributed by atoms with Crippen LogP contribution in [0, 0.1) is 5.41 Å². The molecule has 0 aliphatic heterocycles. The molecule has 106 valence electrons. The number of rotatable bonds is 5. The second-order valence-corrected chi connectivity index (χ2v) is 5.36. The van der Waals surface area contributed by atoms with Crippen molar-refractivity contribution in [1.29, 1.82) is 0 Å². The molecule has 1 aromatic rings. The van der Waals surface area contributed by atoms with Crippen molar-refractivity contribution in [2.75, 3.05) is 14.2 Å². The molecule has 1 aliphatic carbocycles. The monoisotopic (exact) mass is 265 g/mol. The molecule has 0 spiro atoms. The van der Waals surface area contributed by atoms with Gasteiger partial charge in [0.25, 0.3) is 0 Å². The summed E-state index contributed by atoms with van der Waals surface area (Å²) in [6.07, 6.45) is 2.06. The minimum absolute atomic E-state index is 0.0519. The Morgan fingerprint density at radius 1 is 1.16 bits per heavy atom. The summed E-state index contributed by atoms with van der Waals surface area (Å²) in [5.74, 6) is 2.24. The van der Waals surface area contributed by atoms with Gasteiger partial charge < -0.3 is 19.9 Å². The molecule has 0 bridgehead atoms. The molecular formula is C15H23NO3. The van der Waals surface area contributed by atoms with Gasteiger partial charge in [-0.15, -0.1) is 0 Å². The standard InChI is InChI=1S/C15H23NO3/c1-5-15(2)13(16)9-14(15)19-12-7-10(17-3)6-11(8-12)18-4/h6-8,13-14H,5,9,16H2,1-4H3. The van der Waals surface area contributed by atoms with Crippen molar-refractivity contribution in [2.24, 2.45) is 11.1 Å². The summed E-state index contributed by atoms with van der Waals surface area (Å²) in [6.45, 7) is 4.34. The summed E-state index contributed by atoms with van der Waals surface area (Å²) in [5.41, 5.74) is 6.15. The summed E-state index contributed by atoms with van der Waals surface area (Å²) in [7, 11) is 3.27. The van der Waals surface area contributed by atoms with Crippen LogP contribution in [-0.2, 0) is 0 Å². The molecule has 3 atom stereocenters. The SMILES string of the molecule is CCC1(C)C(N)CC1Oc1cc(OC)cc(OC)c1. The first-order valence-electron chi connectivity index (χ1n) is 6.68. The fourth-order valence-electron chi connectivity index (χ4n) is 2.53. The molecule has 2 N–H and O–H groups in total. The van der Waals surface area contributed by atoms with E-state index in [9.17, 15) is 0 Å². The molecule has 0 aromatic heterocycles. The van der Waals surface area contributed by atoms with E-state index in [1.807, 2.05) is 18.2 Å². The lowest BCUT2D eigenvalue weighted by Crippen LogP contribution is -2.61. The molecule has 1 aliphatic rings.